The van der Waals surface area contributed by atoms with Crippen LogP contribution in [0.2, 0.25) is 0 Å². The Morgan fingerprint density at radius 2 is 1.80 bits per heavy atom. The minimum atomic E-state index is -0.0564. The highest BCUT2D eigenvalue weighted by Gasteiger charge is 2.39. The normalized spacial score (nSPS) is 14.6. The largest absolute Gasteiger partial charge is 0.494 e. The van der Waals surface area contributed by atoms with Crippen LogP contribution in [0.3, 0.4) is 0 Å². The monoisotopic (exact) mass is 403 g/mol. The number of hydrogen-bond donors (Lipinski definition) is 1. The fourth-order valence-electron chi connectivity index (χ4n) is 2.79. The molecule has 4 nitrogen and oxygen atoms in total. The van der Waals surface area contributed by atoms with E-state index < -0.39 is 0 Å². The van der Waals surface area contributed by atoms with Crippen molar-refractivity contribution in [3.05, 3.63) is 58.8 Å². The molecule has 0 amide bonds. The number of nitrogens with one attached hydrogen (secondary N) is 1. The van der Waals surface area contributed by atoms with Crippen LogP contribution >= 0.6 is 15.9 Å². The quantitative estimate of drug-likeness (QED) is 0.622. The summed E-state index contributed by atoms with van der Waals surface area (Å²) in [5, 5.41) is 3.52. The van der Waals surface area contributed by atoms with Crippen molar-refractivity contribution < 1.29 is 4.74 Å². The summed E-state index contributed by atoms with van der Waals surface area (Å²) in [6.45, 7) is 10.4. The lowest BCUT2D eigenvalue weighted by molar-refractivity contribution is 0.282. The summed E-state index contributed by atoms with van der Waals surface area (Å²) in [5.74, 6) is 1.24. The third-order valence-electron chi connectivity index (χ3n) is 4.25. The molecule has 5 heteroatoms. The second kappa shape index (κ2) is 8.99. The number of rotatable bonds is 6. The third kappa shape index (κ3) is 4.60. The van der Waals surface area contributed by atoms with E-state index in [1.807, 2.05) is 20.8 Å². The SMILES string of the molecule is C=C(OCC)c1cnc(NC2(c3ccc(Br)cc3)CCC2)nc1.CC. The third-order valence-corrected chi connectivity index (χ3v) is 4.78. The Morgan fingerprint density at radius 3 is 2.28 bits per heavy atom. The van der Waals surface area contributed by atoms with Crippen LogP contribution in [-0.2, 0) is 10.3 Å². The molecule has 1 saturated carbocycles. The van der Waals surface area contributed by atoms with Gasteiger partial charge in [-0.15, -0.1) is 0 Å². The number of nitrogens with zero attached hydrogens (tertiary/aromatic N) is 2. The molecule has 134 valence electrons. The lowest BCUT2D eigenvalue weighted by atomic mass is 9.72. The Kier molecular flexibility index (Phi) is 7.00. The van der Waals surface area contributed by atoms with Gasteiger partial charge in [-0.3, -0.25) is 0 Å². The molecule has 0 saturated heterocycles. The van der Waals surface area contributed by atoms with Crippen LogP contribution in [0.25, 0.3) is 5.76 Å². The van der Waals surface area contributed by atoms with E-state index in [1.165, 1.54) is 12.0 Å². The summed E-state index contributed by atoms with van der Waals surface area (Å²) in [5.41, 5.74) is 2.03. The Labute approximate surface area is 158 Å². The van der Waals surface area contributed by atoms with Crippen molar-refractivity contribution in [2.24, 2.45) is 0 Å². The number of aromatic nitrogens is 2. The summed E-state index contributed by atoms with van der Waals surface area (Å²) in [7, 11) is 0. The van der Waals surface area contributed by atoms with Crippen LogP contribution in [0.15, 0.2) is 47.7 Å². The molecular formula is C20H26BrN3O. The molecule has 1 aromatic heterocycles. The van der Waals surface area contributed by atoms with Gasteiger partial charge in [0.1, 0.15) is 5.76 Å². The second-order valence-electron chi connectivity index (χ2n) is 5.72. The number of anilines is 1. The minimum absolute atomic E-state index is 0.0564. The summed E-state index contributed by atoms with van der Waals surface area (Å²) >= 11 is 3.49. The molecule has 1 aliphatic carbocycles. The first-order chi connectivity index (χ1) is 12.1. The van der Waals surface area contributed by atoms with Gasteiger partial charge in [0.25, 0.3) is 0 Å². The van der Waals surface area contributed by atoms with E-state index in [1.54, 1.807) is 12.4 Å². The highest BCUT2D eigenvalue weighted by Crippen LogP contribution is 2.43. The van der Waals surface area contributed by atoms with Gasteiger partial charge in [-0.25, -0.2) is 9.97 Å². The molecule has 0 bridgehead atoms. The van der Waals surface area contributed by atoms with E-state index in [9.17, 15) is 0 Å². The molecule has 1 N–H and O–H groups in total. The molecule has 1 heterocycles. The molecule has 25 heavy (non-hydrogen) atoms. The van der Waals surface area contributed by atoms with E-state index in [0.29, 0.717) is 18.3 Å². The lowest BCUT2D eigenvalue weighted by Crippen LogP contribution is -2.42. The maximum Gasteiger partial charge on any atom is 0.223 e. The molecular weight excluding hydrogens is 378 g/mol. The zero-order valence-electron chi connectivity index (χ0n) is 15.2. The summed E-state index contributed by atoms with van der Waals surface area (Å²) in [6, 6.07) is 8.46. The number of hydrogen-bond acceptors (Lipinski definition) is 4. The van der Waals surface area contributed by atoms with Crippen LogP contribution in [0, 0.1) is 0 Å². The van der Waals surface area contributed by atoms with E-state index in [-0.39, 0.29) is 5.54 Å². The molecule has 0 spiro atoms. The minimum Gasteiger partial charge on any atom is -0.494 e. The number of benzene rings is 1. The second-order valence-corrected chi connectivity index (χ2v) is 6.63. The number of ether oxygens (including phenoxy) is 1. The number of halogens is 1. The zero-order chi connectivity index (χ0) is 18.3. The van der Waals surface area contributed by atoms with Gasteiger partial charge in [-0.2, -0.15) is 0 Å². The molecule has 0 aliphatic heterocycles. The van der Waals surface area contributed by atoms with Crippen molar-refractivity contribution in [3.8, 4) is 0 Å². The van der Waals surface area contributed by atoms with Gasteiger partial charge in [-0.05, 0) is 43.9 Å². The Bertz CT molecular complexity index is 679. The van der Waals surface area contributed by atoms with Gasteiger partial charge in [0.05, 0.1) is 17.7 Å². The smallest absolute Gasteiger partial charge is 0.223 e. The van der Waals surface area contributed by atoms with Crippen LogP contribution in [0.5, 0.6) is 0 Å². The van der Waals surface area contributed by atoms with Crippen LogP contribution < -0.4 is 5.32 Å². The topological polar surface area (TPSA) is 47.0 Å². The van der Waals surface area contributed by atoms with Gasteiger partial charge in [0.15, 0.2) is 0 Å². The van der Waals surface area contributed by atoms with Gasteiger partial charge < -0.3 is 10.1 Å². The van der Waals surface area contributed by atoms with Gasteiger partial charge in [-0.1, -0.05) is 48.5 Å². The summed E-state index contributed by atoms with van der Waals surface area (Å²) < 4.78 is 6.47. The van der Waals surface area contributed by atoms with Crippen molar-refractivity contribution >= 4 is 27.6 Å². The van der Waals surface area contributed by atoms with Crippen molar-refractivity contribution in [2.75, 3.05) is 11.9 Å². The molecule has 1 aliphatic rings. The molecule has 1 aromatic carbocycles. The van der Waals surface area contributed by atoms with E-state index >= 15 is 0 Å². The Morgan fingerprint density at radius 1 is 1.20 bits per heavy atom. The van der Waals surface area contributed by atoms with Crippen LogP contribution in [0.1, 0.15) is 51.2 Å². The molecule has 0 radical (unpaired) electrons. The highest BCUT2D eigenvalue weighted by atomic mass is 79.9. The lowest BCUT2D eigenvalue weighted by Gasteiger charge is -2.43. The van der Waals surface area contributed by atoms with Gasteiger partial charge in [0.2, 0.25) is 5.95 Å². The molecule has 0 atom stereocenters. The fourth-order valence-corrected chi connectivity index (χ4v) is 3.06. The van der Waals surface area contributed by atoms with Crippen molar-refractivity contribution in [3.63, 3.8) is 0 Å². The van der Waals surface area contributed by atoms with Crippen LogP contribution in [-0.4, -0.2) is 16.6 Å². The average Bonchev–Trinajstić information content (AvgIpc) is 2.61. The van der Waals surface area contributed by atoms with Crippen LogP contribution in [0.4, 0.5) is 5.95 Å². The van der Waals surface area contributed by atoms with E-state index in [2.05, 4.69) is 62.1 Å². The predicted octanol–water partition coefficient (Wildman–Crippen LogP) is 5.76. The average molecular weight is 404 g/mol. The summed E-state index contributed by atoms with van der Waals surface area (Å²) in [4.78, 5) is 8.84. The summed E-state index contributed by atoms with van der Waals surface area (Å²) in [6.07, 6.45) is 6.89. The maximum atomic E-state index is 5.38. The molecule has 3 rings (SSSR count). The first-order valence-electron chi connectivity index (χ1n) is 8.81. The first kappa shape index (κ1) is 19.4. The van der Waals surface area contributed by atoms with E-state index in [4.69, 9.17) is 4.74 Å². The van der Waals surface area contributed by atoms with Gasteiger partial charge in [0, 0.05) is 16.9 Å². The first-order valence-corrected chi connectivity index (χ1v) is 9.60. The Hall–Kier alpha value is -1.88. The molecule has 2 aromatic rings. The van der Waals surface area contributed by atoms with E-state index in [0.717, 1.165) is 22.9 Å². The zero-order valence-corrected chi connectivity index (χ0v) is 16.8. The molecule has 0 unspecified atom stereocenters. The molecule has 1 fully saturated rings. The highest BCUT2D eigenvalue weighted by molar-refractivity contribution is 9.10. The van der Waals surface area contributed by atoms with Crippen molar-refractivity contribution in [1.29, 1.82) is 0 Å². The van der Waals surface area contributed by atoms with Gasteiger partial charge >= 0.3 is 0 Å². The van der Waals surface area contributed by atoms with Crippen molar-refractivity contribution in [1.82, 2.24) is 9.97 Å². The Balaban J connectivity index is 0.00000109. The van der Waals surface area contributed by atoms with Crippen molar-refractivity contribution in [2.45, 2.75) is 45.6 Å². The fraction of sp³-hybridized carbons (Fsp3) is 0.400. The predicted molar refractivity (Wildman–Crippen MR) is 107 cm³/mol. The maximum absolute atomic E-state index is 5.38. The standard InChI is InChI=1S/C18H20BrN3O.C2H6/c1-3-23-13(2)14-11-20-17(21-12-14)22-18(9-4-10-18)15-5-7-16(19)8-6-15;1-2/h5-8,11-12H,2-4,9-10H2,1H3,(H,20,21,22);1-2H3.